The average Bonchev–Trinajstić information content (AvgIpc) is 2.36. The number of ether oxygens (including phenoxy) is 1. The van der Waals surface area contributed by atoms with Crippen molar-refractivity contribution in [2.24, 2.45) is 0 Å². The molecule has 0 aromatic heterocycles. The Labute approximate surface area is 133 Å². The van der Waals surface area contributed by atoms with Crippen LogP contribution in [0.25, 0.3) is 0 Å². The largest absolute Gasteiger partial charge is 0.507 e. The van der Waals surface area contributed by atoms with Crippen LogP contribution in [0.5, 0.6) is 5.75 Å². The Balaban J connectivity index is 2.57. The molecule has 122 valence electrons. The number of phenolic OH excluding ortho intramolecular Hbond substituents is 1. The summed E-state index contributed by atoms with van der Waals surface area (Å²) in [5.74, 6) is 0.449. The molecule has 1 aliphatic heterocycles. The van der Waals surface area contributed by atoms with Gasteiger partial charge in [0.2, 0.25) is 0 Å². The number of rotatable bonds is 1. The van der Waals surface area contributed by atoms with Crippen LogP contribution < -0.4 is 0 Å². The van der Waals surface area contributed by atoms with Crippen LogP contribution in [0.2, 0.25) is 0 Å². The average molecular weight is 304 g/mol. The second-order valence-corrected chi connectivity index (χ2v) is 8.37. The van der Waals surface area contributed by atoms with Gasteiger partial charge in [-0.15, -0.1) is 0 Å². The standard InChI is InChI=1S/C19H28O3/c1-18(2,3)14-9-13(12-7-8-22-16(20)11-12)10-15(17(14)21)19(4,5)6/h9-10,12,21H,7-8,11H2,1-6H3. The molecule has 0 spiro atoms. The van der Waals surface area contributed by atoms with E-state index in [0.29, 0.717) is 18.8 Å². The van der Waals surface area contributed by atoms with Gasteiger partial charge in [0.1, 0.15) is 5.75 Å². The molecule has 1 aromatic carbocycles. The van der Waals surface area contributed by atoms with Crippen molar-refractivity contribution in [1.29, 1.82) is 0 Å². The molecule has 3 heteroatoms. The van der Waals surface area contributed by atoms with Crippen LogP contribution in [0.1, 0.15) is 77.0 Å². The molecule has 0 aliphatic carbocycles. The highest BCUT2D eigenvalue weighted by Crippen LogP contribution is 2.42. The monoisotopic (exact) mass is 304 g/mol. The Kier molecular flexibility index (Phi) is 4.29. The quantitative estimate of drug-likeness (QED) is 0.782. The van der Waals surface area contributed by atoms with Crippen molar-refractivity contribution < 1.29 is 14.6 Å². The van der Waals surface area contributed by atoms with Gasteiger partial charge in [-0.05, 0) is 39.9 Å². The van der Waals surface area contributed by atoms with Crippen molar-refractivity contribution >= 4 is 5.97 Å². The van der Waals surface area contributed by atoms with Gasteiger partial charge in [0.25, 0.3) is 0 Å². The topological polar surface area (TPSA) is 46.5 Å². The molecule has 0 saturated carbocycles. The van der Waals surface area contributed by atoms with Gasteiger partial charge < -0.3 is 9.84 Å². The SMILES string of the molecule is CC(C)(C)c1cc(C2CCOC(=O)C2)cc(C(C)(C)C)c1O. The van der Waals surface area contributed by atoms with Crippen LogP contribution in [0.3, 0.4) is 0 Å². The van der Waals surface area contributed by atoms with Crippen molar-refractivity contribution in [2.75, 3.05) is 6.61 Å². The molecule has 1 fully saturated rings. The van der Waals surface area contributed by atoms with E-state index in [-0.39, 0.29) is 22.7 Å². The van der Waals surface area contributed by atoms with Crippen molar-refractivity contribution in [2.45, 2.75) is 71.1 Å². The third-order valence-electron chi connectivity index (χ3n) is 4.36. The smallest absolute Gasteiger partial charge is 0.306 e. The minimum absolute atomic E-state index is 0.126. The lowest BCUT2D eigenvalue weighted by atomic mass is 9.76. The van der Waals surface area contributed by atoms with E-state index in [1.165, 1.54) is 0 Å². The van der Waals surface area contributed by atoms with E-state index >= 15 is 0 Å². The van der Waals surface area contributed by atoms with Gasteiger partial charge in [-0.1, -0.05) is 53.7 Å². The summed E-state index contributed by atoms with van der Waals surface area (Å²) in [5.41, 5.74) is 2.76. The molecule has 0 amide bonds. The zero-order valence-electron chi connectivity index (χ0n) is 14.6. The number of esters is 1. The summed E-state index contributed by atoms with van der Waals surface area (Å²) in [6.07, 6.45) is 1.28. The fourth-order valence-corrected chi connectivity index (χ4v) is 3.00. The Morgan fingerprint density at radius 3 is 1.95 bits per heavy atom. The number of aromatic hydroxyl groups is 1. The van der Waals surface area contributed by atoms with Crippen LogP contribution in [0.15, 0.2) is 12.1 Å². The third kappa shape index (κ3) is 3.45. The van der Waals surface area contributed by atoms with Crippen LogP contribution in [-0.4, -0.2) is 17.7 Å². The number of carbonyl (C=O) groups excluding carboxylic acids is 1. The normalized spacial score (nSPS) is 19.9. The molecule has 1 heterocycles. The maximum atomic E-state index is 11.6. The van der Waals surface area contributed by atoms with Crippen LogP contribution >= 0.6 is 0 Å². The lowest BCUT2D eigenvalue weighted by molar-refractivity contribution is -0.147. The van der Waals surface area contributed by atoms with E-state index in [2.05, 4.69) is 53.7 Å². The minimum atomic E-state index is -0.144. The molecule has 1 saturated heterocycles. The Hall–Kier alpha value is -1.51. The predicted octanol–water partition coefficient (Wildman–Crippen LogP) is 4.41. The second kappa shape index (κ2) is 5.60. The number of carbonyl (C=O) groups is 1. The zero-order chi connectivity index (χ0) is 16.7. The summed E-state index contributed by atoms with van der Waals surface area (Å²) >= 11 is 0. The van der Waals surface area contributed by atoms with E-state index in [9.17, 15) is 9.90 Å². The van der Waals surface area contributed by atoms with Gasteiger partial charge in [-0.2, -0.15) is 0 Å². The highest BCUT2D eigenvalue weighted by molar-refractivity contribution is 5.71. The van der Waals surface area contributed by atoms with E-state index in [4.69, 9.17) is 4.74 Å². The number of cyclic esters (lactones) is 1. The molecule has 1 unspecified atom stereocenters. The van der Waals surface area contributed by atoms with Gasteiger partial charge in [0.15, 0.2) is 0 Å². The van der Waals surface area contributed by atoms with Crippen LogP contribution in [0, 0.1) is 0 Å². The van der Waals surface area contributed by atoms with E-state index < -0.39 is 0 Å². The summed E-state index contributed by atoms with van der Waals surface area (Å²) in [6, 6.07) is 4.15. The third-order valence-corrected chi connectivity index (χ3v) is 4.36. The summed E-state index contributed by atoms with van der Waals surface area (Å²) in [6.45, 7) is 13.1. The van der Waals surface area contributed by atoms with E-state index in [1.807, 2.05) is 0 Å². The summed E-state index contributed by atoms with van der Waals surface area (Å²) < 4.78 is 5.06. The molecule has 1 atom stereocenters. The Morgan fingerprint density at radius 1 is 1.05 bits per heavy atom. The van der Waals surface area contributed by atoms with Gasteiger partial charge in [0.05, 0.1) is 13.0 Å². The maximum Gasteiger partial charge on any atom is 0.306 e. The Morgan fingerprint density at radius 2 is 1.55 bits per heavy atom. The fraction of sp³-hybridized carbons (Fsp3) is 0.632. The first kappa shape index (κ1) is 16.9. The molecule has 2 rings (SSSR count). The molecular formula is C19H28O3. The van der Waals surface area contributed by atoms with Crippen LogP contribution in [-0.2, 0) is 20.4 Å². The number of hydrogen-bond donors (Lipinski definition) is 1. The predicted molar refractivity (Wildman–Crippen MR) is 88.4 cm³/mol. The Bertz CT molecular complexity index is 538. The van der Waals surface area contributed by atoms with Gasteiger partial charge in [0, 0.05) is 0 Å². The van der Waals surface area contributed by atoms with Crippen LogP contribution in [0.4, 0.5) is 0 Å². The molecule has 1 aromatic rings. The molecule has 3 nitrogen and oxygen atoms in total. The summed E-state index contributed by atoms with van der Waals surface area (Å²) in [7, 11) is 0. The lowest BCUT2D eigenvalue weighted by Gasteiger charge is -2.30. The van der Waals surface area contributed by atoms with Crippen molar-refractivity contribution in [3.63, 3.8) is 0 Å². The highest BCUT2D eigenvalue weighted by atomic mass is 16.5. The zero-order valence-corrected chi connectivity index (χ0v) is 14.6. The van der Waals surface area contributed by atoms with Gasteiger partial charge in [-0.3, -0.25) is 4.79 Å². The molecule has 1 N–H and O–H groups in total. The number of hydrogen-bond acceptors (Lipinski definition) is 3. The summed E-state index contributed by atoms with van der Waals surface area (Å²) in [5, 5.41) is 10.7. The number of phenols is 1. The molecule has 22 heavy (non-hydrogen) atoms. The lowest BCUT2D eigenvalue weighted by Crippen LogP contribution is -2.22. The summed E-state index contributed by atoms with van der Waals surface area (Å²) in [4.78, 5) is 11.6. The van der Waals surface area contributed by atoms with Crippen molar-refractivity contribution in [3.8, 4) is 5.75 Å². The fourth-order valence-electron chi connectivity index (χ4n) is 3.00. The van der Waals surface area contributed by atoms with Gasteiger partial charge in [-0.25, -0.2) is 0 Å². The van der Waals surface area contributed by atoms with Gasteiger partial charge >= 0.3 is 5.97 Å². The molecule has 0 bridgehead atoms. The second-order valence-electron chi connectivity index (χ2n) is 8.37. The molecule has 1 aliphatic rings. The number of benzene rings is 1. The molecular weight excluding hydrogens is 276 g/mol. The van der Waals surface area contributed by atoms with Crippen molar-refractivity contribution in [1.82, 2.24) is 0 Å². The highest BCUT2D eigenvalue weighted by Gasteiger charge is 2.30. The van der Waals surface area contributed by atoms with E-state index in [1.54, 1.807) is 0 Å². The maximum absolute atomic E-state index is 11.6. The molecule has 0 radical (unpaired) electrons. The van der Waals surface area contributed by atoms with E-state index in [0.717, 1.165) is 23.1 Å². The van der Waals surface area contributed by atoms with Crippen molar-refractivity contribution in [3.05, 3.63) is 28.8 Å². The first-order valence-corrected chi connectivity index (χ1v) is 8.03. The first-order valence-electron chi connectivity index (χ1n) is 8.03. The minimum Gasteiger partial charge on any atom is -0.507 e. The first-order chi connectivity index (χ1) is 10.00.